The fourth-order valence-corrected chi connectivity index (χ4v) is 2.84. The Morgan fingerprint density at radius 3 is 2.81 bits per heavy atom. The van der Waals surface area contributed by atoms with Crippen molar-refractivity contribution < 1.29 is 24.2 Å². The molecule has 0 bridgehead atoms. The van der Waals surface area contributed by atoms with E-state index in [0.29, 0.717) is 26.2 Å². The molecule has 0 aliphatic carbocycles. The Kier molecular flexibility index (Phi) is 5.81. The summed E-state index contributed by atoms with van der Waals surface area (Å²) in [4.78, 5) is 27.0. The average Bonchev–Trinajstić information content (AvgIpc) is 2.97. The van der Waals surface area contributed by atoms with Crippen LogP contribution in [-0.4, -0.2) is 78.5 Å². The minimum atomic E-state index is -0.912. The molecule has 21 heavy (non-hydrogen) atoms. The maximum absolute atomic E-state index is 12.7. The second-order valence-electron chi connectivity index (χ2n) is 5.48. The molecule has 2 rings (SSSR count). The van der Waals surface area contributed by atoms with E-state index in [2.05, 4.69) is 0 Å². The van der Waals surface area contributed by atoms with E-state index in [9.17, 15) is 9.59 Å². The number of carboxylic acid groups (broad SMARTS) is 1. The third-order valence-corrected chi connectivity index (χ3v) is 3.98. The number of carbonyl (C=O) groups is 2. The van der Waals surface area contributed by atoms with Gasteiger partial charge in [0.25, 0.3) is 0 Å². The number of hydrogen-bond donors (Lipinski definition) is 1. The van der Waals surface area contributed by atoms with E-state index in [4.69, 9.17) is 14.6 Å². The summed E-state index contributed by atoms with van der Waals surface area (Å²) < 4.78 is 10.9. The van der Waals surface area contributed by atoms with Gasteiger partial charge in [0.1, 0.15) is 0 Å². The monoisotopic (exact) mass is 300 g/mol. The van der Waals surface area contributed by atoms with Crippen LogP contribution in [0.5, 0.6) is 0 Å². The van der Waals surface area contributed by atoms with E-state index in [-0.39, 0.29) is 31.2 Å². The standard InChI is InChI=1S/C14H24N2O5/c1-2-15(9-12-4-3-6-21-12)14(19)16-5-7-20-10-11(16)8-13(17)18/h11-12H,2-10H2,1H3,(H,17,18). The van der Waals surface area contributed by atoms with Crippen LogP contribution < -0.4 is 0 Å². The first kappa shape index (κ1) is 16.0. The number of morpholine rings is 1. The molecule has 0 radical (unpaired) electrons. The summed E-state index contributed by atoms with van der Waals surface area (Å²) in [5, 5.41) is 8.96. The number of carbonyl (C=O) groups excluding carboxylic acids is 1. The summed E-state index contributed by atoms with van der Waals surface area (Å²) in [7, 11) is 0. The molecule has 7 nitrogen and oxygen atoms in total. The number of amides is 2. The SMILES string of the molecule is CCN(CC1CCCO1)C(=O)N1CCOCC1CC(=O)O. The minimum absolute atomic E-state index is 0.0801. The van der Waals surface area contributed by atoms with Crippen LogP contribution in [0.2, 0.25) is 0 Å². The maximum atomic E-state index is 12.7. The number of urea groups is 1. The molecular weight excluding hydrogens is 276 g/mol. The van der Waals surface area contributed by atoms with Crippen molar-refractivity contribution in [3.8, 4) is 0 Å². The van der Waals surface area contributed by atoms with Gasteiger partial charge in [-0.15, -0.1) is 0 Å². The average molecular weight is 300 g/mol. The van der Waals surface area contributed by atoms with Crippen LogP contribution in [0.1, 0.15) is 26.2 Å². The number of hydrogen-bond acceptors (Lipinski definition) is 4. The van der Waals surface area contributed by atoms with Gasteiger partial charge in [-0.05, 0) is 19.8 Å². The Balaban J connectivity index is 1.97. The number of aliphatic carboxylic acids is 1. The minimum Gasteiger partial charge on any atom is -0.481 e. The third-order valence-electron chi connectivity index (χ3n) is 3.98. The normalized spacial score (nSPS) is 25.9. The lowest BCUT2D eigenvalue weighted by Crippen LogP contribution is -2.55. The van der Waals surface area contributed by atoms with Gasteiger partial charge in [0.2, 0.25) is 0 Å². The number of rotatable bonds is 5. The Morgan fingerprint density at radius 2 is 2.19 bits per heavy atom. The van der Waals surface area contributed by atoms with Crippen LogP contribution in [0.15, 0.2) is 0 Å². The van der Waals surface area contributed by atoms with Gasteiger partial charge in [0.15, 0.2) is 0 Å². The van der Waals surface area contributed by atoms with Gasteiger partial charge in [0, 0.05) is 26.2 Å². The first-order valence-electron chi connectivity index (χ1n) is 7.58. The van der Waals surface area contributed by atoms with E-state index in [1.54, 1.807) is 9.80 Å². The molecule has 7 heteroatoms. The number of carboxylic acids is 1. The van der Waals surface area contributed by atoms with Gasteiger partial charge in [-0.2, -0.15) is 0 Å². The highest BCUT2D eigenvalue weighted by atomic mass is 16.5. The van der Waals surface area contributed by atoms with Crippen LogP contribution >= 0.6 is 0 Å². The van der Waals surface area contributed by atoms with Crippen molar-refractivity contribution in [3.63, 3.8) is 0 Å². The summed E-state index contributed by atoms with van der Waals surface area (Å²) in [6.45, 7) is 5.05. The quantitative estimate of drug-likeness (QED) is 0.812. The van der Waals surface area contributed by atoms with Crippen LogP contribution in [0.4, 0.5) is 4.79 Å². The van der Waals surface area contributed by atoms with Crippen molar-refractivity contribution in [2.24, 2.45) is 0 Å². The van der Waals surface area contributed by atoms with Crippen molar-refractivity contribution in [3.05, 3.63) is 0 Å². The first-order valence-corrected chi connectivity index (χ1v) is 7.58. The van der Waals surface area contributed by atoms with Crippen LogP contribution in [0.25, 0.3) is 0 Å². The summed E-state index contributed by atoms with van der Waals surface area (Å²) in [6, 6.07) is -0.496. The molecule has 2 saturated heterocycles. The lowest BCUT2D eigenvalue weighted by atomic mass is 10.1. The van der Waals surface area contributed by atoms with E-state index < -0.39 is 5.97 Å². The fourth-order valence-electron chi connectivity index (χ4n) is 2.84. The van der Waals surface area contributed by atoms with Crippen LogP contribution in [-0.2, 0) is 14.3 Å². The number of nitrogens with zero attached hydrogens (tertiary/aromatic N) is 2. The zero-order valence-electron chi connectivity index (χ0n) is 12.5. The van der Waals surface area contributed by atoms with Gasteiger partial charge in [-0.25, -0.2) is 4.79 Å². The summed E-state index contributed by atoms with van der Waals surface area (Å²) in [6.07, 6.45) is 2.04. The van der Waals surface area contributed by atoms with E-state index in [0.717, 1.165) is 19.4 Å². The number of likely N-dealkylation sites (N-methyl/N-ethyl adjacent to an activating group) is 1. The maximum Gasteiger partial charge on any atom is 0.320 e. The largest absolute Gasteiger partial charge is 0.481 e. The predicted octanol–water partition coefficient (Wildman–Crippen LogP) is 0.783. The van der Waals surface area contributed by atoms with Crippen LogP contribution in [0.3, 0.4) is 0 Å². The van der Waals surface area contributed by atoms with Gasteiger partial charge >= 0.3 is 12.0 Å². The molecule has 0 aromatic rings. The molecule has 2 fully saturated rings. The van der Waals surface area contributed by atoms with E-state index in [1.807, 2.05) is 6.92 Å². The zero-order valence-corrected chi connectivity index (χ0v) is 12.5. The highest BCUT2D eigenvalue weighted by Gasteiger charge is 2.32. The van der Waals surface area contributed by atoms with Gasteiger partial charge in [0.05, 0.1) is 31.8 Å². The third kappa shape index (κ3) is 4.31. The predicted molar refractivity (Wildman–Crippen MR) is 75.2 cm³/mol. The summed E-state index contributed by atoms with van der Waals surface area (Å²) in [5.41, 5.74) is 0. The highest BCUT2D eigenvalue weighted by Crippen LogP contribution is 2.17. The summed E-state index contributed by atoms with van der Waals surface area (Å²) >= 11 is 0. The lowest BCUT2D eigenvalue weighted by Gasteiger charge is -2.38. The Hall–Kier alpha value is -1.34. The molecule has 2 amide bonds. The van der Waals surface area contributed by atoms with Crippen molar-refractivity contribution >= 4 is 12.0 Å². The molecule has 2 aliphatic rings. The molecule has 2 aliphatic heterocycles. The molecule has 2 atom stereocenters. The van der Waals surface area contributed by atoms with Crippen LogP contribution in [0, 0.1) is 0 Å². The summed E-state index contributed by atoms with van der Waals surface area (Å²) in [5.74, 6) is -0.912. The first-order chi connectivity index (χ1) is 10.1. The van der Waals surface area contributed by atoms with E-state index in [1.165, 1.54) is 0 Å². The molecule has 1 N–H and O–H groups in total. The second kappa shape index (κ2) is 7.61. The molecule has 120 valence electrons. The number of ether oxygens (including phenoxy) is 2. The van der Waals surface area contributed by atoms with Gasteiger partial charge in [-0.3, -0.25) is 4.79 Å². The molecule has 0 aromatic heterocycles. The van der Waals surface area contributed by atoms with Crippen molar-refractivity contribution in [1.29, 1.82) is 0 Å². The second-order valence-corrected chi connectivity index (χ2v) is 5.48. The molecule has 0 saturated carbocycles. The zero-order chi connectivity index (χ0) is 15.2. The fraction of sp³-hybridized carbons (Fsp3) is 0.857. The molecule has 2 heterocycles. The van der Waals surface area contributed by atoms with E-state index >= 15 is 0 Å². The van der Waals surface area contributed by atoms with Crippen molar-refractivity contribution in [1.82, 2.24) is 9.80 Å². The van der Waals surface area contributed by atoms with Crippen molar-refractivity contribution in [2.75, 3.05) is 39.5 Å². The molecule has 0 spiro atoms. The molecule has 0 aromatic carbocycles. The Bertz CT molecular complexity index is 370. The smallest absolute Gasteiger partial charge is 0.320 e. The van der Waals surface area contributed by atoms with Gasteiger partial charge < -0.3 is 24.4 Å². The molecule has 2 unspecified atom stereocenters. The molecular formula is C14H24N2O5. The topological polar surface area (TPSA) is 79.3 Å². The Labute approximate surface area is 124 Å². The lowest BCUT2D eigenvalue weighted by molar-refractivity contribution is -0.139. The van der Waals surface area contributed by atoms with Crippen molar-refractivity contribution in [2.45, 2.75) is 38.3 Å². The highest BCUT2D eigenvalue weighted by molar-refractivity contribution is 5.76. The Morgan fingerprint density at radius 1 is 1.38 bits per heavy atom. The van der Waals surface area contributed by atoms with Gasteiger partial charge in [-0.1, -0.05) is 0 Å².